The number of pyridine rings is 1. The van der Waals surface area contributed by atoms with Crippen LogP contribution in [-0.2, 0) is 11.3 Å². The van der Waals surface area contributed by atoms with Crippen LogP contribution in [0.4, 0.5) is 5.82 Å². The van der Waals surface area contributed by atoms with Gasteiger partial charge in [0.1, 0.15) is 5.82 Å². The van der Waals surface area contributed by atoms with Gasteiger partial charge in [-0.3, -0.25) is 0 Å². The summed E-state index contributed by atoms with van der Waals surface area (Å²) in [6, 6.07) is 4.73. The minimum Gasteiger partial charge on any atom is -0.383 e. The van der Waals surface area contributed by atoms with Crippen molar-refractivity contribution in [3.8, 4) is 0 Å². The average molecular weight is 265 g/mol. The van der Waals surface area contributed by atoms with E-state index in [-0.39, 0.29) is 0 Å². The number of ether oxygens (including phenoxy) is 1. The summed E-state index contributed by atoms with van der Waals surface area (Å²) in [5.41, 5.74) is 2.35. The molecule has 1 heterocycles. The molecule has 0 radical (unpaired) electrons. The normalized spacial score (nSPS) is 11.1. The Morgan fingerprint density at radius 2 is 2.11 bits per heavy atom. The van der Waals surface area contributed by atoms with E-state index < -0.39 is 0 Å². The standard InChI is InChI=1S/C15H27N3O/c1-6-16-11-14-9-13(4)17-15(10-14)18(12(2)3)7-8-19-5/h9-10,12,16H,6-8,11H2,1-5H3. The summed E-state index contributed by atoms with van der Waals surface area (Å²) < 4.78 is 5.19. The van der Waals surface area contributed by atoms with Gasteiger partial charge in [-0.05, 0) is 45.0 Å². The first-order valence-corrected chi connectivity index (χ1v) is 7.02. The quantitative estimate of drug-likeness (QED) is 0.783. The van der Waals surface area contributed by atoms with Gasteiger partial charge in [-0.1, -0.05) is 6.92 Å². The van der Waals surface area contributed by atoms with Crippen LogP contribution in [0.3, 0.4) is 0 Å². The second-order valence-electron chi connectivity index (χ2n) is 5.04. The van der Waals surface area contributed by atoms with Crippen molar-refractivity contribution in [2.45, 2.75) is 40.3 Å². The smallest absolute Gasteiger partial charge is 0.129 e. The second kappa shape index (κ2) is 8.12. The molecule has 1 aromatic rings. The van der Waals surface area contributed by atoms with Gasteiger partial charge in [0.05, 0.1) is 6.61 Å². The molecule has 4 nitrogen and oxygen atoms in total. The van der Waals surface area contributed by atoms with Crippen LogP contribution in [0.25, 0.3) is 0 Å². The fourth-order valence-corrected chi connectivity index (χ4v) is 2.07. The van der Waals surface area contributed by atoms with E-state index in [0.29, 0.717) is 6.04 Å². The fourth-order valence-electron chi connectivity index (χ4n) is 2.07. The van der Waals surface area contributed by atoms with Gasteiger partial charge < -0.3 is 15.0 Å². The summed E-state index contributed by atoms with van der Waals surface area (Å²) in [5, 5.41) is 3.36. The lowest BCUT2D eigenvalue weighted by Gasteiger charge is -2.28. The average Bonchev–Trinajstić information content (AvgIpc) is 2.36. The molecular formula is C15H27N3O. The molecule has 1 rings (SSSR count). The van der Waals surface area contributed by atoms with Crippen molar-refractivity contribution < 1.29 is 4.74 Å². The van der Waals surface area contributed by atoms with Crippen molar-refractivity contribution in [2.24, 2.45) is 0 Å². The van der Waals surface area contributed by atoms with Gasteiger partial charge in [0.25, 0.3) is 0 Å². The van der Waals surface area contributed by atoms with Gasteiger partial charge in [0.2, 0.25) is 0 Å². The third kappa shape index (κ3) is 5.17. The van der Waals surface area contributed by atoms with Crippen molar-refractivity contribution >= 4 is 5.82 Å². The predicted molar refractivity (Wildman–Crippen MR) is 80.7 cm³/mol. The van der Waals surface area contributed by atoms with E-state index >= 15 is 0 Å². The highest BCUT2D eigenvalue weighted by molar-refractivity contribution is 5.43. The van der Waals surface area contributed by atoms with Crippen LogP contribution < -0.4 is 10.2 Å². The first kappa shape index (κ1) is 15.9. The van der Waals surface area contributed by atoms with Crippen molar-refractivity contribution in [2.75, 3.05) is 31.7 Å². The number of hydrogen-bond acceptors (Lipinski definition) is 4. The Morgan fingerprint density at radius 1 is 1.37 bits per heavy atom. The zero-order valence-corrected chi connectivity index (χ0v) is 12.9. The molecule has 19 heavy (non-hydrogen) atoms. The largest absolute Gasteiger partial charge is 0.383 e. The van der Waals surface area contributed by atoms with E-state index in [1.807, 2.05) is 6.92 Å². The highest BCUT2D eigenvalue weighted by Crippen LogP contribution is 2.17. The highest BCUT2D eigenvalue weighted by Gasteiger charge is 2.12. The van der Waals surface area contributed by atoms with Gasteiger partial charge in [0.15, 0.2) is 0 Å². The molecule has 0 atom stereocenters. The summed E-state index contributed by atoms with van der Waals surface area (Å²) in [4.78, 5) is 6.94. The molecule has 0 aromatic carbocycles. The van der Waals surface area contributed by atoms with Crippen LogP contribution in [0.15, 0.2) is 12.1 Å². The van der Waals surface area contributed by atoms with E-state index in [9.17, 15) is 0 Å². The Balaban J connectivity index is 2.91. The molecule has 0 unspecified atom stereocenters. The van der Waals surface area contributed by atoms with Gasteiger partial charge in [-0.15, -0.1) is 0 Å². The lowest BCUT2D eigenvalue weighted by atomic mass is 10.2. The maximum atomic E-state index is 5.19. The maximum absolute atomic E-state index is 5.19. The van der Waals surface area contributed by atoms with E-state index in [2.05, 4.69) is 48.1 Å². The first-order valence-electron chi connectivity index (χ1n) is 7.02. The molecule has 0 bridgehead atoms. The lowest BCUT2D eigenvalue weighted by Crippen LogP contribution is -2.34. The van der Waals surface area contributed by atoms with Crippen LogP contribution in [0.1, 0.15) is 32.0 Å². The van der Waals surface area contributed by atoms with Crippen molar-refractivity contribution in [1.29, 1.82) is 0 Å². The summed E-state index contributed by atoms with van der Waals surface area (Å²) in [7, 11) is 1.73. The highest BCUT2D eigenvalue weighted by atomic mass is 16.5. The molecule has 0 aliphatic rings. The molecule has 1 N–H and O–H groups in total. The van der Waals surface area contributed by atoms with Crippen LogP contribution >= 0.6 is 0 Å². The third-order valence-corrected chi connectivity index (χ3v) is 3.03. The molecule has 0 saturated carbocycles. The van der Waals surface area contributed by atoms with E-state index in [1.54, 1.807) is 7.11 Å². The van der Waals surface area contributed by atoms with Gasteiger partial charge >= 0.3 is 0 Å². The molecule has 0 spiro atoms. The van der Waals surface area contributed by atoms with Crippen molar-refractivity contribution in [3.63, 3.8) is 0 Å². The Bertz CT molecular complexity index is 380. The molecule has 0 amide bonds. The topological polar surface area (TPSA) is 37.4 Å². The maximum Gasteiger partial charge on any atom is 0.129 e. The number of hydrogen-bond donors (Lipinski definition) is 1. The Labute approximate surface area is 117 Å². The monoisotopic (exact) mass is 265 g/mol. The van der Waals surface area contributed by atoms with E-state index in [4.69, 9.17) is 4.74 Å². The van der Waals surface area contributed by atoms with Gasteiger partial charge in [-0.25, -0.2) is 4.98 Å². The molecule has 0 aliphatic carbocycles. The number of anilines is 1. The molecular weight excluding hydrogens is 238 g/mol. The molecule has 0 saturated heterocycles. The zero-order chi connectivity index (χ0) is 14.3. The number of aromatic nitrogens is 1. The Morgan fingerprint density at radius 3 is 2.68 bits per heavy atom. The van der Waals surface area contributed by atoms with Crippen LogP contribution in [-0.4, -0.2) is 37.8 Å². The summed E-state index contributed by atoms with van der Waals surface area (Å²) >= 11 is 0. The lowest BCUT2D eigenvalue weighted by molar-refractivity contribution is 0.203. The Hall–Kier alpha value is -1.13. The molecule has 0 fully saturated rings. The second-order valence-corrected chi connectivity index (χ2v) is 5.04. The summed E-state index contributed by atoms with van der Waals surface area (Å²) in [6.45, 7) is 12.0. The van der Waals surface area contributed by atoms with Crippen molar-refractivity contribution in [1.82, 2.24) is 10.3 Å². The number of rotatable bonds is 8. The van der Waals surface area contributed by atoms with E-state index in [0.717, 1.165) is 37.8 Å². The molecule has 4 heteroatoms. The minimum absolute atomic E-state index is 0.413. The van der Waals surface area contributed by atoms with Crippen molar-refractivity contribution in [3.05, 3.63) is 23.4 Å². The number of nitrogens with zero attached hydrogens (tertiary/aromatic N) is 2. The van der Waals surface area contributed by atoms with Gasteiger partial charge in [-0.2, -0.15) is 0 Å². The van der Waals surface area contributed by atoms with Crippen LogP contribution in [0, 0.1) is 6.92 Å². The number of aryl methyl sites for hydroxylation is 1. The van der Waals surface area contributed by atoms with Crippen LogP contribution in [0.2, 0.25) is 0 Å². The van der Waals surface area contributed by atoms with E-state index in [1.165, 1.54) is 5.56 Å². The summed E-state index contributed by atoms with van der Waals surface area (Å²) in [6.07, 6.45) is 0. The summed E-state index contributed by atoms with van der Waals surface area (Å²) in [5.74, 6) is 1.04. The molecule has 1 aromatic heterocycles. The minimum atomic E-state index is 0.413. The zero-order valence-electron chi connectivity index (χ0n) is 12.9. The first-order chi connectivity index (χ1) is 9.08. The molecule has 108 valence electrons. The predicted octanol–water partition coefficient (Wildman–Crippen LogP) is 2.36. The fraction of sp³-hybridized carbons (Fsp3) is 0.667. The number of nitrogens with one attached hydrogen (secondary N) is 1. The van der Waals surface area contributed by atoms with Gasteiger partial charge in [0, 0.05) is 31.9 Å². The SMILES string of the molecule is CCNCc1cc(C)nc(N(CCOC)C(C)C)c1. The molecule has 0 aliphatic heterocycles. The third-order valence-electron chi connectivity index (χ3n) is 3.03. The van der Waals surface area contributed by atoms with Crippen LogP contribution in [0.5, 0.6) is 0 Å². The number of methoxy groups -OCH3 is 1. The Kier molecular flexibility index (Phi) is 6.81.